The standard InChI is InChI=1S/C18H13ClN4O3S2/c1-26-17-9-14(19)3-5-16(17)23(18-20-6-7-27-18)28(24,25)15-4-2-12-10-21-22-11-13(12)8-15/h2-11H,1H3. The molecule has 0 atom stereocenters. The highest BCUT2D eigenvalue weighted by Crippen LogP contribution is 2.40. The fourth-order valence-electron chi connectivity index (χ4n) is 2.71. The molecular weight excluding hydrogens is 420 g/mol. The Morgan fingerprint density at radius 1 is 1.07 bits per heavy atom. The van der Waals surface area contributed by atoms with E-state index in [1.807, 2.05) is 0 Å². The zero-order chi connectivity index (χ0) is 19.7. The minimum Gasteiger partial charge on any atom is -0.494 e. The van der Waals surface area contributed by atoms with Crippen LogP contribution in [0.3, 0.4) is 0 Å². The van der Waals surface area contributed by atoms with Crippen molar-refractivity contribution in [1.82, 2.24) is 15.2 Å². The van der Waals surface area contributed by atoms with Crippen LogP contribution in [0.5, 0.6) is 5.75 Å². The molecule has 0 radical (unpaired) electrons. The van der Waals surface area contributed by atoms with E-state index in [-0.39, 0.29) is 10.0 Å². The average Bonchev–Trinajstić information content (AvgIpc) is 3.22. The van der Waals surface area contributed by atoms with Crippen LogP contribution in [-0.2, 0) is 10.0 Å². The van der Waals surface area contributed by atoms with Crippen molar-refractivity contribution in [2.75, 3.05) is 11.4 Å². The summed E-state index contributed by atoms with van der Waals surface area (Å²) in [5.41, 5.74) is 0.315. The normalized spacial score (nSPS) is 11.5. The molecule has 4 rings (SSSR count). The van der Waals surface area contributed by atoms with Crippen molar-refractivity contribution >= 4 is 54.6 Å². The number of anilines is 2. The fourth-order valence-corrected chi connectivity index (χ4v) is 5.24. The van der Waals surface area contributed by atoms with Gasteiger partial charge >= 0.3 is 0 Å². The number of halogens is 1. The molecule has 0 saturated heterocycles. The van der Waals surface area contributed by atoms with E-state index in [2.05, 4.69) is 15.2 Å². The summed E-state index contributed by atoms with van der Waals surface area (Å²) in [6.45, 7) is 0. The molecule has 0 amide bonds. The number of hydrogen-bond donors (Lipinski definition) is 0. The number of rotatable bonds is 5. The average molecular weight is 433 g/mol. The molecule has 7 nitrogen and oxygen atoms in total. The van der Waals surface area contributed by atoms with Gasteiger partial charge in [0.15, 0.2) is 0 Å². The third kappa shape index (κ3) is 3.28. The van der Waals surface area contributed by atoms with Crippen LogP contribution in [0.2, 0.25) is 5.02 Å². The number of thiazole rings is 1. The third-order valence-corrected chi connectivity index (χ3v) is 6.82. The smallest absolute Gasteiger partial charge is 0.270 e. The molecule has 2 heterocycles. The van der Waals surface area contributed by atoms with Gasteiger partial charge in [-0.05, 0) is 24.3 Å². The van der Waals surface area contributed by atoms with Gasteiger partial charge < -0.3 is 4.74 Å². The zero-order valence-electron chi connectivity index (χ0n) is 14.5. The molecule has 0 aliphatic rings. The summed E-state index contributed by atoms with van der Waals surface area (Å²) < 4.78 is 33.7. The number of nitrogens with zero attached hydrogens (tertiary/aromatic N) is 4. The quantitative estimate of drug-likeness (QED) is 0.468. The first-order chi connectivity index (χ1) is 13.5. The van der Waals surface area contributed by atoms with Gasteiger partial charge in [0.2, 0.25) is 5.13 Å². The van der Waals surface area contributed by atoms with Crippen LogP contribution in [0, 0.1) is 0 Å². The predicted octanol–water partition coefficient (Wildman–Crippen LogP) is 4.28. The summed E-state index contributed by atoms with van der Waals surface area (Å²) in [6.07, 6.45) is 4.64. The molecule has 10 heteroatoms. The fraction of sp³-hybridized carbons (Fsp3) is 0.0556. The summed E-state index contributed by atoms with van der Waals surface area (Å²) in [5.74, 6) is 0.318. The van der Waals surface area contributed by atoms with Crippen LogP contribution in [0.25, 0.3) is 10.8 Å². The van der Waals surface area contributed by atoms with Crippen molar-refractivity contribution in [2.24, 2.45) is 0 Å². The van der Waals surface area contributed by atoms with Crippen molar-refractivity contribution in [1.29, 1.82) is 0 Å². The Morgan fingerprint density at radius 2 is 1.86 bits per heavy atom. The number of hydrogen-bond acceptors (Lipinski definition) is 7. The SMILES string of the molecule is COc1cc(Cl)ccc1N(c1nccs1)S(=O)(=O)c1ccc2cnncc2c1. The Balaban J connectivity index is 1.93. The van der Waals surface area contributed by atoms with Crippen molar-refractivity contribution in [3.05, 3.63) is 65.4 Å². The molecule has 0 saturated carbocycles. The van der Waals surface area contributed by atoms with Gasteiger partial charge in [0, 0.05) is 33.4 Å². The predicted molar refractivity (Wildman–Crippen MR) is 109 cm³/mol. The highest BCUT2D eigenvalue weighted by Gasteiger charge is 2.31. The number of benzene rings is 2. The summed E-state index contributed by atoms with van der Waals surface area (Å²) in [5, 5.41) is 11.5. The van der Waals surface area contributed by atoms with Gasteiger partial charge in [-0.1, -0.05) is 17.7 Å². The topological polar surface area (TPSA) is 85.3 Å². The van der Waals surface area contributed by atoms with Crippen LogP contribution in [-0.4, -0.2) is 30.7 Å². The van der Waals surface area contributed by atoms with Gasteiger partial charge in [0.05, 0.1) is 24.4 Å². The van der Waals surface area contributed by atoms with E-state index in [0.29, 0.717) is 21.8 Å². The third-order valence-electron chi connectivity index (χ3n) is 4.01. The molecule has 4 aromatic rings. The number of methoxy groups -OCH3 is 1. The molecule has 142 valence electrons. The Bertz CT molecular complexity index is 1250. The first-order valence-electron chi connectivity index (χ1n) is 7.99. The minimum atomic E-state index is -4.00. The lowest BCUT2D eigenvalue weighted by Crippen LogP contribution is -2.26. The maximum Gasteiger partial charge on any atom is 0.270 e. The summed E-state index contributed by atoms with van der Waals surface area (Å²) >= 11 is 7.25. The molecule has 2 aromatic carbocycles. The van der Waals surface area contributed by atoms with E-state index >= 15 is 0 Å². The molecule has 2 aromatic heterocycles. The minimum absolute atomic E-state index is 0.0974. The molecule has 0 bridgehead atoms. The second kappa shape index (κ2) is 7.34. The maximum absolute atomic E-state index is 13.6. The molecule has 0 unspecified atom stereocenters. The van der Waals surface area contributed by atoms with Gasteiger partial charge in [0.25, 0.3) is 10.0 Å². The Labute approximate surface area is 170 Å². The Hall–Kier alpha value is -2.75. The number of ether oxygens (including phenoxy) is 1. The van der Waals surface area contributed by atoms with E-state index in [1.165, 1.54) is 30.7 Å². The van der Waals surface area contributed by atoms with E-state index in [9.17, 15) is 8.42 Å². The van der Waals surface area contributed by atoms with Gasteiger partial charge in [-0.25, -0.2) is 17.7 Å². The molecule has 0 fully saturated rings. The van der Waals surface area contributed by atoms with E-state index in [4.69, 9.17) is 16.3 Å². The first-order valence-corrected chi connectivity index (χ1v) is 10.7. The van der Waals surface area contributed by atoms with Crippen molar-refractivity contribution < 1.29 is 13.2 Å². The van der Waals surface area contributed by atoms with Gasteiger partial charge in [-0.3, -0.25) is 0 Å². The molecule has 0 aliphatic carbocycles. The lowest BCUT2D eigenvalue weighted by Gasteiger charge is -2.24. The van der Waals surface area contributed by atoms with Gasteiger partial charge in [-0.2, -0.15) is 10.2 Å². The van der Waals surface area contributed by atoms with Crippen LogP contribution < -0.4 is 9.04 Å². The second-order valence-electron chi connectivity index (χ2n) is 5.68. The van der Waals surface area contributed by atoms with Crippen molar-refractivity contribution in [3.63, 3.8) is 0 Å². The molecule has 28 heavy (non-hydrogen) atoms. The van der Waals surface area contributed by atoms with Crippen LogP contribution in [0.1, 0.15) is 0 Å². The highest BCUT2D eigenvalue weighted by atomic mass is 35.5. The van der Waals surface area contributed by atoms with E-state index in [1.54, 1.807) is 48.1 Å². The maximum atomic E-state index is 13.6. The number of sulfonamides is 1. The van der Waals surface area contributed by atoms with E-state index in [0.717, 1.165) is 9.69 Å². The zero-order valence-corrected chi connectivity index (χ0v) is 16.9. The van der Waals surface area contributed by atoms with Gasteiger partial charge in [0.1, 0.15) is 11.4 Å². The summed E-state index contributed by atoms with van der Waals surface area (Å²) in [6, 6.07) is 9.53. The molecular formula is C18H13ClN4O3S2. The largest absolute Gasteiger partial charge is 0.494 e. The summed E-state index contributed by atoms with van der Waals surface area (Å²) in [7, 11) is -2.55. The van der Waals surface area contributed by atoms with Crippen LogP contribution in [0.4, 0.5) is 10.8 Å². The number of fused-ring (bicyclic) bond motifs is 1. The number of aromatic nitrogens is 3. The monoisotopic (exact) mass is 432 g/mol. The lowest BCUT2D eigenvalue weighted by molar-refractivity contribution is 0.416. The van der Waals surface area contributed by atoms with Gasteiger partial charge in [-0.15, -0.1) is 11.3 Å². The molecule has 0 N–H and O–H groups in total. The molecule has 0 spiro atoms. The Kier molecular flexibility index (Phi) is 4.88. The Morgan fingerprint density at radius 3 is 2.57 bits per heavy atom. The van der Waals surface area contributed by atoms with Crippen molar-refractivity contribution in [3.8, 4) is 5.75 Å². The highest BCUT2D eigenvalue weighted by molar-refractivity contribution is 7.93. The van der Waals surface area contributed by atoms with E-state index < -0.39 is 10.0 Å². The summed E-state index contributed by atoms with van der Waals surface area (Å²) in [4.78, 5) is 4.30. The second-order valence-corrected chi connectivity index (χ2v) is 8.78. The van der Waals surface area contributed by atoms with Crippen LogP contribution in [0.15, 0.2) is 65.3 Å². The lowest BCUT2D eigenvalue weighted by atomic mass is 10.2. The first kappa shape index (κ1) is 18.6. The van der Waals surface area contributed by atoms with Crippen molar-refractivity contribution in [2.45, 2.75) is 4.90 Å². The molecule has 0 aliphatic heterocycles. The van der Waals surface area contributed by atoms with Crippen LogP contribution >= 0.6 is 22.9 Å².